The van der Waals surface area contributed by atoms with Gasteiger partial charge in [0.05, 0.1) is 24.2 Å². The molecule has 0 aromatic rings. The summed E-state index contributed by atoms with van der Waals surface area (Å²) in [5.74, 6) is 0.374. The van der Waals surface area contributed by atoms with Crippen LogP contribution in [0.15, 0.2) is 12.7 Å². The number of rotatable bonds is 5. The van der Waals surface area contributed by atoms with Gasteiger partial charge in [-0.05, 0) is 43.8 Å². The first-order valence-corrected chi connectivity index (χ1v) is 11.5. The summed E-state index contributed by atoms with van der Waals surface area (Å²) in [7, 11) is -1.77. The Morgan fingerprint density at radius 1 is 1.45 bits per heavy atom. The zero-order chi connectivity index (χ0) is 16.6. The number of carbonyl (C=O) groups is 1. The number of hydrogen-bond acceptors (Lipinski definition) is 3. The number of Topliss-reactive ketones (excluding diaryl/α,β-unsaturated/α-hetero) is 1. The maximum Gasteiger partial charge on any atom is 0.192 e. The van der Waals surface area contributed by atoms with Gasteiger partial charge in [0, 0.05) is 6.42 Å². The van der Waals surface area contributed by atoms with Gasteiger partial charge in [-0.3, -0.25) is 4.79 Å². The van der Waals surface area contributed by atoms with Crippen LogP contribution in [0.1, 0.15) is 52.9 Å². The molecule has 1 saturated heterocycles. The van der Waals surface area contributed by atoms with E-state index < -0.39 is 8.32 Å². The molecule has 0 amide bonds. The van der Waals surface area contributed by atoms with Gasteiger partial charge < -0.3 is 9.16 Å². The minimum Gasteiger partial charge on any atom is -0.414 e. The second kappa shape index (κ2) is 6.21. The van der Waals surface area contributed by atoms with Gasteiger partial charge in [0.15, 0.2) is 8.32 Å². The Labute approximate surface area is 136 Å². The van der Waals surface area contributed by atoms with Crippen LogP contribution in [0.2, 0.25) is 18.1 Å². The molecule has 2 aliphatic rings. The van der Waals surface area contributed by atoms with Crippen LogP contribution < -0.4 is 0 Å². The third kappa shape index (κ3) is 3.24. The fourth-order valence-corrected chi connectivity index (χ4v) is 4.52. The molecule has 3 atom stereocenters. The minimum atomic E-state index is -1.77. The van der Waals surface area contributed by atoms with Crippen LogP contribution in [-0.2, 0) is 14.0 Å². The monoisotopic (exact) mass is 324 g/mol. The van der Waals surface area contributed by atoms with Crippen molar-refractivity contribution in [2.75, 3.05) is 6.61 Å². The van der Waals surface area contributed by atoms with Crippen LogP contribution in [0.5, 0.6) is 0 Å². The molecule has 22 heavy (non-hydrogen) atoms. The lowest BCUT2D eigenvalue weighted by Gasteiger charge is -2.36. The first-order valence-electron chi connectivity index (χ1n) is 8.56. The highest BCUT2D eigenvalue weighted by molar-refractivity contribution is 6.74. The molecule has 0 aromatic heterocycles. The minimum absolute atomic E-state index is 0.0566. The average molecular weight is 325 g/mol. The van der Waals surface area contributed by atoms with Crippen molar-refractivity contribution in [2.45, 2.75) is 83.2 Å². The predicted molar refractivity (Wildman–Crippen MR) is 92.5 cm³/mol. The number of ether oxygens (including phenoxy) is 1. The summed E-state index contributed by atoms with van der Waals surface area (Å²) in [6, 6.07) is 0. The lowest BCUT2D eigenvalue weighted by molar-refractivity contribution is -0.135. The molecule has 1 aliphatic heterocycles. The molecule has 1 heterocycles. The van der Waals surface area contributed by atoms with Crippen LogP contribution >= 0.6 is 0 Å². The van der Waals surface area contributed by atoms with Crippen LogP contribution in [0, 0.1) is 5.41 Å². The van der Waals surface area contributed by atoms with Crippen molar-refractivity contribution in [3.63, 3.8) is 0 Å². The van der Waals surface area contributed by atoms with Gasteiger partial charge in [0.1, 0.15) is 5.78 Å². The summed E-state index contributed by atoms with van der Waals surface area (Å²) >= 11 is 0. The third-order valence-corrected chi connectivity index (χ3v) is 10.4. The van der Waals surface area contributed by atoms with E-state index >= 15 is 0 Å². The van der Waals surface area contributed by atoms with Gasteiger partial charge in [-0.1, -0.05) is 26.8 Å². The zero-order valence-electron chi connectivity index (χ0n) is 14.9. The Morgan fingerprint density at radius 3 is 2.73 bits per heavy atom. The highest BCUT2D eigenvalue weighted by atomic mass is 28.4. The first-order chi connectivity index (χ1) is 10.1. The second-order valence-corrected chi connectivity index (χ2v) is 13.3. The predicted octanol–water partition coefficient (Wildman–Crippen LogP) is 4.48. The van der Waals surface area contributed by atoms with Crippen molar-refractivity contribution in [2.24, 2.45) is 5.41 Å². The second-order valence-electron chi connectivity index (χ2n) is 8.49. The van der Waals surface area contributed by atoms with Crippen molar-refractivity contribution in [1.82, 2.24) is 0 Å². The number of fused-ring (bicyclic) bond motifs is 1. The summed E-state index contributed by atoms with van der Waals surface area (Å²) in [6.07, 6.45) is 6.21. The fraction of sp³-hybridized carbons (Fsp3) is 0.833. The van der Waals surface area contributed by atoms with E-state index in [9.17, 15) is 4.79 Å². The van der Waals surface area contributed by atoms with Crippen LogP contribution in [0.25, 0.3) is 0 Å². The molecule has 0 aromatic carbocycles. The summed E-state index contributed by atoms with van der Waals surface area (Å²) in [5, 5.41) is 0.201. The van der Waals surface area contributed by atoms with Crippen LogP contribution in [0.3, 0.4) is 0 Å². The van der Waals surface area contributed by atoms with Crippen molar-refractivity contribution in [3.8, 4) is 0 Å². The highest BCUT2D eigenvalue weighted by Crippen LogP contribution is 2.49. The van der Waals surface area contributed by atoms with Gasteiger partial charge in [-0.2, -0.15) is 0 Å². The number of hydrogen-bond donors (Lipinski definition) is 0. The lowest BCUT2D eigenvalue weighted by Crippen LogP contribution is -2.42. The Hall–Kier alpha value is -0.453. The Bertz CT molecular complexity index is 438. The SMILES string of the molecule is C=CC[C@@]12C[C@@H](CO[Si](C)(C)C(C)(C)C)O[C@@H]1CCCC2=O. The van der Waals surface area contributed by atoms with E-state index in [0.29, 0.717) is 18.8 Å². The topological polar surface area (TPSA) is 35.5 Å². The average Bonchev–Trinajstić information content (AvgIpc) is 2.76. The van der Waals surface area contributed by atoms with Crippen molar-refractivity contribution < 1.29 is 14.0 Å². The Kier molecular flexibility index (Phi) is 5.05. The molecule has 0 N–H and O–H groups in total. The molecule has 2 rings (SSSR count). The summed E-state index contributed by atoms with van der Waals surface area (Å²) < 4.78 is 12.5. The van der Waals surface area contributed by atoms with E-state index in [4.69, 9.17) is 9.16 Å². The summed E-state index contributed by atoms with van der Waals surface area (Å²) in [4.78, 5) is 12.5. The van der Waals surface area contributed by atoms with Gasteiger partial charge in [0.2, 0.25) is 0 Å². The van der Waals surface area contributed by atoms with Crippen molar-refractivity contribution in [1.29, 1.82) is 0 Å². The van der Waals surface area contributed by atoms with E-state index in [0.717, 1.165) is 25.7 Å². The van der Waals surface area contributed by atoms with E-state index in [-0.39, 0.29) is 22.7 Å². The number of carbonyl (C=O) groups excluding carboxylic acids is 1. The smallest absolute Gasteiger partial charge is 0.192 e. The Morgan fingerprint density at radius 2 is 2.14 bits per heavy atom. The maximum absolute atomic E-state index is 12.5. The number of ketones is 1. The van der Waals surface area contributed by atoms with E-state index in [2.05, 4.69) is 40.4 Å². The summed E-state index contributed by atoms with van der Waals surface area (Å²) in [6.45, 7) is 15.7. The molecule has 4 heteroatoms. The van der Waals surface area contributed by atoms with Crippen molar-refractivity contribution in [3.05, 3.63) is 12.7 Å². The van der Waals surface area contributed by atoms with Gasteiger partial charge >= 0.3 is 0 Å². The van der Waals surface area contributed by atoms with Gasteiger partial charge in [0.25, 0.3) is 0 Å². The molecule has 126 valence electrons. The summed E-state index contributed by atoms with van der Waals surface area (Å²) in [5.41, 5.74) is -0.318. The molecule has 0 bridgehead atoms. The number of allylic oxidation sites excluding steroid dienone is 1. The first kappa shape index (κ1) is 17.9. The molecule has 1 saturated carbocycles. The molecule has 0 spiro atoms. The highest BCUT2D eigenvalue weighted by Gasteiger charge is 2.54. The maximum atomic E-state index is 12.5. The molecule has 0 unspecified atom stereocenters. The van der Waals surface area contributed by atoms with E-state index in [1.54, 1.807) is 0 Å². The third-order valence-electron chi connectivity index (χ3n) is 5.94. The van der Waals surface area contributed by atoms with Gasteiger partial charge in [-0.25, -0.2) is 0 Å². The standard InChI is InChI=1S/C18H32O3Si/c1-7-11-18-12-14(13-20-22(5,6)17(2,3)4)21-16(18)10-8-9-15(18)19/h7,14,16H,1,8-13H2,2-6H3/t14-,16+,18-/m0/s1. The van der Waals surface area contributed by atoms with Crippen LogP contribution in [-0.4, -0.2) is 32.9 Å². The van der Waals surface area contributed by atoms with E-state index in [1.165, 1.54) is 0 Å². The normalized spacial score (nSPS) is 32.9. The quantitative estimate of drug-likeness (QED) is 0.552. The lowest BCUT2D eigenvalue weighted by atomic mass is 9.67. The molecule has 2 fully saturated rings. The molecule has 3 nitrogen and oxygen atoms in total. The Balaban J connectivity index is 2.04. The fourth-order valence-electron chi connectivity index (χ4n) is 3.49. The molecular weight excluding hydrogens is 292 g/mol. The molecule has 0 radical (unpaired) electrons. The van der Waals surface area contributed by atoms with Crippen LogP contribution in [0.4, 0.5) is 0 Å². The van der Waals surface area contributed by atoms with Crippen molar-refractivity contribution >= 4 is 14.1 Å². The molecule has 1 aliphatic carbocycles. The van der Waals surface area contributed by atoms with E-state index in [1.807, 2.05) is 6.08 Å². The molecular formula is C18H32O3Si. The van der Waals surface area contributed by atoms with Gasteiger partial charge in [-0.15, -0.1) is 6.58 Å². The zero-order valence-corrected chi connectivity index (χ0v) is 15.9. The largest absolute Gasteiger partial charge is 0.414 e.